The van der Waals surface area contributed by atoms with Crippen molar-refractivity contribution in [1.29, 1.82) is 0 Å². The predicted octanol–water partition coefficient (Wildman–Crippen LogP) is 3.73. The van der Waals surface area contributed by atoms with Crippen molar-refractivity contribution in [1.82, 2.24) is 4.98 Å². The number of aryl methyl sites for hydroxylation is 1. The Balaban J connectivity index is 1.43. The average molecular weight is 393 g/mol. The molecule has 2 aromatic rings. The lowest BCUT2D eigenvalue weighted by molar-refractivity contribution is -0.122. The number of fused-ring (bicyclic) bond motifs is 2. The number of carbonyl (C=O) groups is 2. The van der Waals surface area contributed by atoms with Gasteiger partial charge in [0.15, 0.2) is 0 Å². The molecule has 29 heavy (non-hydrogen) atoms. The monoisotopic (exact) mass is 392 g/mol. The van der Waals surface area contributed by atoms with Crippen LogP contribution in [0.15, 0.2) is 42.7 Å². The van der Waals surface area contributed by atoms with Gasteiger partial charge in [-0.15, -0.1) is 0 Å². The number of hydrogen-bond acceptors (Lipinski definition) is 4. The molecule has 2 aliphatic rings. The number of anilines is 2. The van der Waals surface area contributed by atoms with Gasteiger partial charge >= 0.3 is 0 Å². The minimum absolute atomic E-state index is 0.0151. The van der Waals surface area contributed by atoms with E-state index >= 15 is 0 Å². The second kappa shape index (κ2) is 8.33. The Morgan fingerprint density at radius 3 is 2.41 bits per heavy atom. The van der Waals surface area contributed by atoms with Crippen molar-refractivity contribution in [3.8, 4) is 0 Å². The summed E-state index contributed by atoms with van der Waals surface area (Å²) in [4.78, 5) is 29.3. The van der Waals surface area contributed by atoms with Crippen molar-refractivity contribution in [3.05, 3.63) is 53.9 Å². The molecule has 0 radical (unpaired) electrons. The van der Waals surface area contributed by atoms with Gasteiger partial charge in [-0.1, -0.05) is 12.5 Å². The predicted molar refractivity (Wildman–Crippen MR) is 114 cm³/mol. The largest absolute Gasteiger partial charge is 0.327 e. The maximum atomic E-state index is 12.9. The van der Waals surface area contributed by atoms with Crippen molar-refractivity contribution in [2.24, 2.45) is 23.5 Å². The summed E-state index contributed by atoms with van der Waals surface area (Å²) in [5, 5.41) is 5.98. The number of amides is 2. The molecule has 4 rings (SSSR count). The van der Waals surface area contributed by atoms with Crippen molar-refractivity contribution < 1.29 is 9.59 Å². The highest BCUT2D eigenvalue weighted by atomic mass is 16.2. The van der Waals surface area contributed by atoms with Crippen LogP contribution in [0.1, 0.15) is 48.0 Å². The molecule has 2 amide bonds. The van der Waals surface area contributed by atoms with Crippen molar-refractivity contribution in [2.45, 2.75) is 45.1 Å². The van der Waals surface area contributed by atoms with Gasteiger partial charge in [0, 0.05) is 41.3 Å². The summed E-state index contributed by atoms with van der Waals surface area (Å²) < 4.78 is 0. The summed E-state index contributed by atoms with van der Waals surface area (Å²) in [5.41, 5.74) is 9.22. The van der Waals surface area contributed by atoms with Gasteiger partial charge in [-0.3, -0.25) is 14.6 Å². The number of rotatable bonds is 4. The molecule has 2 aliphatic carbocycles. The number of carbonyl (C=O) groups excluding carboxylic acids is 2. The highest BCUT2D eigenvalue weighted by molar-refractivity contribution is 6.05. The molecule has 0 aliphatic heterocycles. The first-order valence-electron chi connectivity index (χ1n) is 10.4. The van der Waals surface area contributed by atoms with E-state index in [2.05, 4.69) is 15.6 Å². The average Bonchev–Trinajstić information content (AvgIpc) is 2.71. The molecule has 2 fully saturated rings. The lowest BCUT2D eigenvalue weighted by Gasteiger charge is -2.43. The summed E-state index contributed by atoms with van der Waals surface area (Å²) in [6, 6.07) is 9.19. The maximum Gasteiger partial charge on any atom is 0.255 e. The minimum atomic E-state index is -0.201. The smallest absolute Gasteiger partial charge is 0.255 e. The van der Waals surface area contributed by atoms with Gasteiger partial charge in [-0.25, -0.2) is 0 Å². The van der Waals surface area contributed by atoms with Crippen LogP contribution in [0.3, 0.4) is 0 Å². The Hall–Kier alpha value is -2.73. The SMILES string of the molecule is Cc1ccc(NC(=O)C2CC3CCCC(C2)C3N)cc1NC(=O)c1ccncc1. The summed E-state index contributed by atoms with van der Waals surface area (Å²) >= 11 is 0. The van der Waals surface area contributed by atoms with E-state index < -0.39 is 0 Å². The number of pyridine rings is 1. The van der Waals surface area contributed by atoms with Gasteiger partial charge in [0.25, 0.3) is 5.91 Å². The molecular weight excluding hydrogens is 364 g/mol. The fourth-order valence-electron chi connectivity index (χ4n) is 4.78. The molecular formula is C23H28N4O2. The van der Waals surface area contributed by atoms with Gasteiger partial charge in [-0.05, 0) is 74.3 Å². The summed E-state index contributed by atoms with van der Waals surface area (Å²) in [5.74, 6) is 0.802. The maximum absolute atomic E-state index is 12.9. The van der Waals surface area contributed by atoms with E-state index in [-0.39, 0.29) is 23.8 Å². The Morgan fingerprint density at radius 2 is 1.72 bits per heavy atom. The highest BCUT2D eigenvalue weighted by Crippen LogP contribution is 2.42. The van der Waals surface area contributed by atoms with Crippen LogP contribution in [0, 0.1) is 24.7 Å². The molecule has 0 saturated heterocycles. The second-order valence-corrected chi connectivity index (χ2v) is 8.41. The Bertz CT molecular complexity index is 885. The van der Waals surface area contributed by atoms with E-state index in [1.54, 1.807) is 24.5 Å². The molecule has 2 unspecified atom stereocenters. The van der Waals surface area contributed by atoms with E-state index in [4.69, 9.17) is 5.73 Å². The molecule has 2 bridgehead atoms. The normalized spacial score (nSPS) is 25.9. The first kappa shape index (κ1) is 19.6. The van der Waals surface area contributed by atoms with E-state index in [0.29, 0.717) is 28.8 Å². The number of aromatic nitrogens is 1. The minimum Gasteiger partial charge on any atom is -0.327 e. The van der Waals surface area contributed by atoms with Crippen LogP contribution in [0.2, 0.25) is 0 Å². The third-order valence-corrected chi connectivity index (χ3v) is 6.48. The lowest BCUT2D eigenvalue weighted by atomic mass is 9.65. The van der Waals surface area contributed by atoms with Crippen LogP contribution in [0.5, 0.6) is 0 Å². The van der Waals surface area contributed by atoms with Crippen molar-refractivity contribution in [2.75, 3.05) is 10.6 Å². The number of nitrogens with two attached hydrogens (primary N) is 1. The topological polar surface area (TPSA) is 97.1 Å². The number of hydrogen-bond donors (Lipinski definition) is 3. The third kappa shape index (κ3) is 4.32. The molecule has 1 heterocycles. The first-order chi connectivity index (χ1) is 14.0. The third-order valence-electron chi connectivity index (χ3n) is 6.48. The van der Waals surface area contributed by atoms with E-state index in [1.807, 2.05) is 25.1 Å². The first-order valence-corrected chi connectivity index (χ1v) is 10.4. The fourth-order valence-corrected chi connectivity index (χ4v) is 4.78. The van der Waals surface area contributed by atoms with Crippen LogP contribution < -0.4 is 16.4 Å². The molecule has 0 spiro atoms. The van der Waals surface area contributed by atoms with Crippen LogP contribution >= 0.6 is 0 Å². The van der Waals surface area contributed by atoms with Crippen LogP contribution in [0.4, 0.5) is 11.4 Å². The van der Waals surface area contributed by atoms with Crippen molar-refractivity contribution >= 4 is 23.2 Å². The van der Waals surface area contributed by atoms with Crippen LogP contribution in [-0.4, -0.2) is 22.8 Å². The molecule has 1 aromatic heterocycles. The molecule has 6 nitrogen and oxygen atoms in total. The summed E-state index contributed by atoms with van der Waals surface area (Å²) in [6.45, 7) is 1.93. The van der Waals surface area contributed by atoms with E-state index in [1.165, 1.54) is 6.42 Å². The highest BCUT2D eigenvalue weighted by Gasteiger charge is 2.40. The Kier molecular flexibility index (Phi) is 5.62. The zero-order valence-corrected chi connectivity index (χ0v) is 16.7. The van der Waals surface area contributed by atoms with E-state index in [0.717, 1.165) is 31.2 Å². The standard InChI is InChI=1S/C23H28N4O2/c1-14-5-6-19(13-20(14)27-22(28)15-7-9-25-10-8-15)26-23(29)18-11-16-3-2-4-17(12-18)21(16)24/h5-10,13,16-18,21H,2-4,11-12,24H2,1H3,(H,26,29)(H,27,28). The molecule has 2 saturated carbocycles. The van der Waals surface area contributed by atoms with Gasteiger partial charge in [-0.2, -0.15) is 0 Å². The Labute approximate surface area is 171 Å². The lowest BCUT2D eigenvalue weighted by Crippen LogP contribution is -2.48. The fraction of sp³-hybridized carbons (Fsp3) is 0.435. The molecule has 4 N–H and O–H groups in total. The zero-order chi connectivity index (χ0) is 20.4. The van der Waals surface area contributed by atoms with Crippen LogP contribution in [-0.2, 0) is 4.79 Å². The van der Waals surface area contributed by atoms with Crippen LogP contribution in [0.25, 0.3) is 0 Å². The molecule has 2 atom stereocenters. The second-order valence-electron chi connectivity index (χ2n) is 8.41. The number of nitrogens with one attached hydrogen (secondary N) is 2. The molecule has 6 heteroatoms. The van der Waals surface area contributed by atoms with Gasteiger partial charge in [0.1, 0.15) is 0 Å². The van der Waals surface area contributed by atoms with Gasteiger partial charge in [0.05, 0.1) is 0 Å². The zero-order valence-electron chi connectivity index (χ0n) is 16.7. The molecule has 152 valence electrons. The number of benzene rings is 1. The quantitative estimate of drug-likeness (QED) is 0.738. The summed E-state index contributed by atoms with van der Waals surface area (Å²) in [7, 11) is 0. The summed E-state index contributed by atoms with van der Waals surface area (Å²) in [6.07, 6.45) is 8.43. The molecule has 1 aromatic carbocycles. The van der Waals surface area contributed by atoms with Crippen molar-refractivity contribution in [3.63, 3.8) is 0 Å². The van der Waals surface area contributed by atoms with Gasteiger partial charge in [0.2, 0.25) is 5.91 Å². The van der Waals surface area contributed by atoms with Gasteiger partial charge < -0.3 is 16.4 Å². The Morgan fingerprint density at radius 1 is 1.03 bits per heavy atom. The van der Waals surface area contributed by atoms with E-state index in [9.17, 15) is 9.59 Å². The number of nitrogens with zero attached hydrogens (tertiary/aromatic N) is 1.